The van der Waals surface area contributed by atoms with Gasteiger partial charge in [0, 0.05) is 33.9 Å². The number of para-hydroxylation sites is 2. The Morgan fingerprint density at radius 1 is 0.247 bits per heavy atom. The molecule has 0 saturated carbocycles. The minimum atomic E-state index is -0.104. The van der Waals surface area contributed by atoms with E-state index in [2.05, 4.69) is 322 Å². The fourth-order valence-corrected chi connectivity index (χ4v) is 12.5. The largest absolute Gasteiger partial charge is 0.311 e. The number of anilines is 6. The van der Waals surface area contributed by atoms with E-state index < -0.39 is 0 Å². The number of benzene rings is 9. The summed E-state index contributed by atoms with van der Waals surface area (Å²) in [5.41, 5.74) is 28.5. The molecule has 2 nitrogen and oxygen atoms in total. The topological polar surface area (TPSA) is 6.48 Å². The van der Waals surface area contributed by atoms with Crippen molar-refractivity contribution in [2.75, 3.05) is 9.80 Å². The van der Waals surface area contributed by atoms with Crippen molar-refractivity contribution in [3.05, 3.63) is 221 Å². The molecule has 11 rings (SSSR count). The van der Waals surface area contributed by atoms with Crippen molar-refractivity contribution in [1.29, 1.82) is 0 Å². The van der Waals surface area contributed by atoms with Crippen LogP contribution in [0.15, 0.2) is 188 Å². The van der Waals surface area contributed by atoms with Crippen LogP contribution in [0.4, 0.5) is 34.1 Å². The quantitative estimate of drug-likeness (QED) is 0.153. The van der Waals surface area contributed by atoms with Crippen molar-refractivity contribution < 1.29 is 0 Å². The lowest BCUT2D eigenvalue weighted by atomic mass is 9.33. The Kier molecular flexibility index (Phi) is 13.5. The lowest BCUT2D eigenvalue weighted by molar-refractivity contribution is 0.569. The van der Waals surface area contributed by atoms with Gasteiger partial charge in [0.1, 0.15) is 0 Å². The summed E-state index contributed by atoms with van der Waals surface area (Å²) in [6.45, 7) is 41.9. The average Bonchev–Trinajstić information content (AvgIpc) is 3.43. The van der Waals surface area contributed by atoms with Gasteiger partial charge in [0.25, 0.3) is 6.71 Å². The molecule has 0 spiro atoms. The minimum Gasteiger partial charge on any atom is -0.311 e. The second-order valence-electron chi connectivity index (χ2n) is 29.6. The number of nitrogens with zero attached hydrogens (tertiary/aromatic N) is 2. The van der Waals surface area contributed by atoms with Crippen LogP contribution in [-0.2, 0) is 32.5 Å². The maximum Gasteiger partial charge on any atom is 0.252 e. The van der Waals surface area contributed by atoms with Crippen molar-refractivity contribution in [1.82, 2.24) is 0 Å². The molecule has 0 atom stereocenters. The highest BCUT2D eigenvalue weighted by Gasteiger charge is 2.45. The normalized spacial score (nSPS) is 13.7. The van der Waals surface area contributed by atoms with E-state index in [0.29, 0.717) is 0 Å². The molecule has 3 heteroatoms. The molecule has 9 aromatic rings. The number of hydrogen-bond acceptors (Lipinski definition) is 2. The highest BCUT2D eigenvalue weighted by atomic mass is 15.2. The van der Waals surface area contributed by atoms with Crippen LogP contribution in [0.1, 0.15) is 158 Å². The van der Waals surface area contributed by atoms with E-state index in [4.69, 9.17) is 0 Å². The van der Waals surface area contributed by atoms with Gasteiger partial charge in [-0.15, -0.1) is 0 Å². The summed E-state index contributed by atoms with van der Waals surface area (Å²) in [7, 11) is 0. The third-order valence-corrected chi connectivity index (χ3v) is 17.4. The van der Waals surface area contributed by atoms with Crippen LogP contribution in [-0.4, -0.2) is 6.71 Å². The molecule has 0 amide bonds. The lowest BCUT2D eigenvalue weighted by Crippen LogP contribution is -2.61. The first-order valence-corrected chi connectivity index (χ1v) is 29.7. The maximum absolute atomic E-state index is 2.65. The fourth-order valence-electron chi connectivity index (χ4n) is 12.5. The van der Waals surface area contributed by atoms with Crippen LogP contribution in [0.5, 0.6) is 0 Å². The van der Waals surface area contributed by atoms with Gasteiger partial charge in [0.05, 0.1) is 11.4 Å². The predicted octanol–water partition coefficient (Wildman–Crippen LogP) is 20.2. The molecule has 81 heavy (non-hydrogen) atoms. The van der Waals surface area contributed by atoms with Crippen LogP contribution < -0.4 is 26.2 Å². The van der Waals surface area contributed by atoms with Crippen molar-refractivity contribution in [3.8, 4) is 44.5 Å². The fraction of sp³-hybridized carbons (Fsp3) is 0.308. The summed E-state index contributed by atoms with van der Waals surface area (Å²) in [5.74, 6) is 0. The van der Waals surface area contributed by atoms with Gasteiger partial charge in [-0.2, -0.15) is 0 Å². The molecular weight excluding hydrogens is 976 g/mol. The summed E-state index contributed by atoms with van der Waals surface area (Å²) < 4.78 is 0. The van der Waals surface area contributed by atoms with Crippen LogP contribution in [0, 0.1) is 0 Å². The lowest BCUT2D eigenvalue weighted by Gasteiger charge is -2.45. The van der Waals surface area contributed by atoms with Gasteiger partial charge in [-0.05, 0) is 152 Å². The first kappa shape index (κ1) is 55.5. The second kappa shape index (κ2) is 19.7. The zero-order chi connectivity index (χ0) is 57.9. The third-order valence-electron chi connectivity index (χ3n) is 17.4. The Hall–Kier alpha value is -7.36. The Labute approximate surface area is 487 Å². The monoisotopic (exact) mass is 1060 g/mol. The maximum atomic E-state index is 2.65. The van der Waals surface area contributed by atoms with Gasteiger partial charge < -0.3 is 9.80 Å². The highest BCUT2D eigenvalue weighted by Crippen LogP contribution is 2.51. The molecule has 0 fully saturated rings. The van der Waals surface area contributed by atoms with E-state index >= 15 is 0 Å². The number of rotatable bonds is 6. The zero-order valence-electron chi connectivity index (χ0n) is 51.9. The summed E-state index contributed by atoms with van der Waals surface area (Å²) in [5, 5.41) is 0. The van der Waals surface area contributed by atoms with E-state index in [-0.39, 0.29) is 39.2 Å². The van der Waals surface area contributed by atoms with Crippen LogP contribution in [0.2, 0.25) is 0 Å². The predicted molar refractivity (Wildman–Crippen MR) is 354 cm³/mol. The molecule has 0 aromatic heterocycles. The van der Waals surface area contributed by atoms with E-state index in [1.807, 2.05) is 0 Å². The molecule has 2 heterocycles. The van der Waals surface area contributed by atoms with E-state index in [1.165, 1.54) is 117 Å². The first-order chi connectivity index (χ1) is 38.0. The first-order valence-electron chi connectivity index (χ1n) is 29.7. The molecule has 0 unspecified atom stereocenters. The number of hydrogen-bond donors (Lipinski definition) is 0. The average molecular weight is 1060 g/mol. The summed E-state index contributed by atoms with van der Waals surface area (Å²) in [6.07, 6.45) is 0. The zero-order valence-corrected chi connectivity index (χ0v) is 51.9. The Morgan fingerprint density at radius 3 is 1.06 bits per heavy atom. The van der Waals surface area contributed by atoms with Gasteiger partial charge in [0.15, 0.2) is 0 Å². The van der Waals surface area contributed by atoms with Gasteiger partial charge in [-0.25, -0.2) is 0 Å². The molecular formula is C78H85BN2. The van der Waals surface area contributed by atoms with Gasteiger partial charge in [-0.1, -0.05) is 276 Å². The smallest absolute Gasteiger partial charge is 0.252 e. The molecule has 2 aliphatic rings. The standard InChI is InChI=1S/C78H85BN2/c1-73(2,3)55-36-31-50(32-37-55)61-26-20-23-29-66(61)80-68-41-35-52(60-25-19-22-28-63(60)78(16,17)18)45-64(68)79-65-49-57(75(7,8)9)40-42-69(65)81(67-30-24-21-27-62(67)51-33-38-56(39-34-51)74(4,5)6)71-47-54(46-70(80)72(71)79)53-43-58(76(10,11)12)48-59(44-53)77(13,14)15/h19-49H,1-18H3. The Morgan fingerprint density at radius 2 is 0.617 bits per heavy atom. The Balaban J connectivity index is 1.30. The van der Waals surface area contributed by atoms with Crippen LogP contribution in [0.25, 0.3) is 44.5 Å². The summed E-state index contributed by atoms with van der Waals surface area (Å²) in [4.78, 5) is 5.29. The molecule has 0 N–H and O–H groups in total. The van der Waals surface area contributed by atoms with Gasteiger partial charge >= 0.3 is 0 Å². The molecule has 2 aliphatic heterocycles. The minimum absolute atomic E-state index is 0.0301. The van der Waals surface area contributed by atoms with E-state index in [9.17, 15) is 0 Å². The molecule has 0 bridgehead atoms. The molecule has 0 saturated heterocycles. The van der Waals surface area contributed by atoms with Crippen molar-refractivity contribution >= 4 is 57.2 Å². The second-order valence-corrected chi connectivity index (χ2v) is 29.6. The molecule has 410 valence electrons. The van der Waals surface area contributed by atoms with E-state index in [1.54, 1.807) is 0 Å². The number of fused-ring (bicyclic) bond motifs is 4. The van der Waals surface area contributed by atoms with Crippen molar-refractivity contribution in [2.45, 2.75) is 157 Å². The molecule has 0 radical (unpaired) electrons. The van der Waals surface area contributed by atoms with Crippen LogP contribution in [0.3, 0.4) is 0 Å². The molecule has 0 aliphatic carbocycles. The van der Waals surface area contributed by atoms with Crippen molar-refractivity contribution in [2.24, 2.45) is 0 Å². The highest BCUT2D eigenvalue weighted by molar-refractivity contribution is 7.00. The van der Waals surface area contributed by atoms with Crippen molar-refractivity contribution in [3.63, 3.8) is 0 Å². The van der Waals surface area contributed by atoms with Crippen LogP contribution >= 0.6 is 0 Å². The SMILES string of the molecule is CC(C)(C)c1ccc(-c2ccccc2N2c3ccc(-c4ccccc4C(C)(C)C)cc3B3c4cc(C(C)(C)C)ccc4N(c4ccccc4-c4ccc(C(C)(C)C)cc4)c4cc(-c5cc(C(C)(C)C)cc(C(C)(C)C)c5)cc2c43)cc1. The third kappa shape index (κ3) is 10.3. The Bertz CT molecular complexity index is 3820. The van der Waals surface area contributed by atoms with E-state index in [0.717, 1.165) is 11.4 Å². The summed E-state index contributed by atoms with van der Waals surface area (Å²) >= 11 is 0. The molecule has 9 aromatic carbocycles. The summed E-state index contributed by atoms with van der Waals surface area (Å²) in [6, 6.07) is 73.4. The van der Waals surface area contributed by atoms with Gasteiger partial charge in [0.2, 0.25) is 0 Å². The van der Waals surface area contributed by atoms with Gasteiger partial charge in [-0.3, -0.25) is 0 Å².